The van der Waals surface area contributed by atoms with Crippen molar-refractivity contribution in [1.29, 1.82) is 5.26 Å². The van der Waals surface area contributed by atoms with Crippen LogP contribution in [-0.4, -0.2) is 18.4 Å². The first-order valence-corrected chi connectivity index (χ1v) is 8.80. The molecule has 0 spiro atoms. The van der Waals surface area contributed by atoms with Crippen molar-refractivity contribution in [2.75, 3.05) is 6.61 Å². The van der Waals surface area contributed by atoms with Crippen molar-refractivity contribution in [1.82, 2.24) is 0 Å². The van der Waals surface area contributed by atoms with E-state index in [4.69, 9.17) is 14.7 Å². The van der Waals surface area contributed by atoms with E-state index in [1.165, 1.54) is 6.08 Å². The molecule has 0 radical (unpaired) electrons. The van der Waals surface area contributed by atoms with Crippen LogP contribution in [0.2, 0.25) is 0 Å². The average molecular weight is 383 g/mol. The molecule has 142 valence electrons. The van der Waals surface area contributed by atoms with E-state index in [0.29, 0.717) is 22.6 Å². The van der Waals surface area contributed by atoms with Crippen LogP contribution in [0, 0.1) is 11.3 Å². The molecule has 0 aliphatic carbocycles. The Balaban J connectivity index is 1.64. The predicted octanol–water partition coefficient (Wildman–Crippen LogP) is 4.58. The van der Waals surface area contributed by atoms with E-state index in [9.17, 15) is 9.59 Å². The summed E-state index contributed by atoms with van der Waals surface area (Å²) >= 11 is 0. The number of hydrogen-bond acceptors (Lipinski definition) is 5. The zero-order chi connectivity index (χ0) is 20.6. The average Bonchev–Trinajstić information content (AvgIpc) is 2.78. The summed E-state index contributed by atoms with van der Waals surface area (Å²) in [6.45, 7) is 3.36. The van der Waals surface area contributed by atoms with E-state index >= 15 is 0 Å². The second kappa shape index (κ2) is 9.16. The number of ketones is 1. The van der Waals surface area contributed by atoms with Crippen LogP contribution < -0.4 is 9.47 Å². The van der Waals surface area contributed by atoms with Gasteiger partial charge in [-0.2, -0.15) is 5.26 Å². The number of ether oxygens (including phenoxy) is 2. The van der Waals surface area contributed by atoms with E-state index < -0.39 is 5.97 Å². The first-order chi connectivity index (χ1) is 14.1. The van der Waals surface area contributed by atoms with Gasteiger partial charge in [0, 0.05) is 0 Å². The lowest BCUT2D eigenvalue weighted by atomic mass is 10.0. The molecule has 29 heavy (non-hydrogen) atoms. The normalized spacial score (nSPS) is 9.90. The lowest BCUT2D eigenvalue weighted by Crippen LogP contribution is -2.08. The Bertz CT molecular complexity index is 1060. The maximum absolute atomic E-state index is 12.3. The topological polar surface area (TPSA) is 76.4 Å². The minimum Gasteiger partial charge on any atom is -0.485 e. The highest BCUT2D eigenvalue weighted by Gasteiger charge is 2.09. The lowest BCUT2D eigenvalue weighted by molar-refractivity contribution is -0.116. The first kappa shape index (κ1) is 19.6. The number of rotatable bonds is 7. The van der Waals surface area contributed by atoms with Crippen LogP contribution in [0.4, 0.5) is 0 Å². The van der Waals surface area contributed by atoms with Crippen LogP contribution in [-0.2, 0) is 4.79 Å². The lowest BCUT2D eigenvalue weighted by Gasteiger charge is -2.07. The van der Waals surface area contributed by atoms with E-state index in [1.54, 1.807) is 48.5 Å². The standard InChI is InChI=1S/C24H17NO4/c1-2-21(26)16-28-22-13-9-19(10-14-22)18-5-7-20(8-6-18)24(27)29-23-11-3-17(15-25)4-12-23/h2-14H,1,16H2. The third-order valence-corrected chi connectivity index (χ3v) is 4.11. The van der Waals surface area contributed by atoms with Crippen molar-refractivity contribution in [2.24, 2.45) is 0 Å². The summed E-state index contributed by atoms with van der Waals surface area (Å²) in [5.41, 5.74) is 2.78. The summed E-state index contributed by atoms with van der Waals surface area (Å²) in [5, 5.41) is 8.80. The summed E-state index contributed by atoms with van der Waals surface area (Å²) in [6, 6.07) is 22.7. The van der Waals surface area contributed by atoms with Gasteiger partial charge in [0.1, 0.15) is 11.5 Å². The summed E-state index contributed by atoms with van der Waals surface area (Å²) in [5.74, 6) is 0.310. The maximum Gasteiger partial charge on any atom is 0.343 e. The molecule has 3 aromatic carbocycles. The van der Waals surface area contributed by atoms with E-state index in [1.807, 2.05) is 30.3 Å². The Kier molecular flexibility index (Phi) is 6.18. The highest BCUT2D eigenvalue weighted by Crippen LogP contribution is 2.23. The molecule has 0 amide bonds. The Labute approximate surface area is 168 Å². The fourth-order valence-electron chi connectivity index (χ4n) is 2.52. The molecule has 0 aromatic heterocycles. The van der Waals surface area contributed by atoms with Crippen LogP contribution in [0.1, 0.15) is 15.9 Å². The second-order valence-electron chi connectivity index (χ2n) is 6.09. The third kappa shape index (κ3) is 5.18. The van der Waals surface area contributed by atoms with Gasteiger partial charge in [-0.15, -0.1) is 0 Å². The molecule has 0 atom stereocenters. The van der Waals surface area contributed by atoms with Crippen LogP contribution in [0.15, 0.2) is 85.5 Å². The molecule has 0 aliphatic heterocycles. The van der Waals surface area contributed by atoms with Gasteiger partial charge in [-0.1, -0.05) is 30.8 Å². The van der Waals surface area contributed by atoms with Gasteiger partial charge < -0.3 is 9.47 Å². The van der Waals surface area contributed by atoms with Crippen molar-refractivity contribution in [3.8, 4) is 28.7 Å². The SMILES string of the molecule is C=CC(=O)COc1ccc(-c2ccc(C(=O)Oc3ccc(C#N)cc3)cc2)cc1. The summed E-state index contributed by atoms with van der Waals surface area (Å²) in [7, 11) is 0. The van der Waals surface area contributed by atoms with Crippen molar-refractivity contribution in [3.63, 3.8) is 0 Å². The van der Waals surface area contributed by atoms with Crippen molar-refractivity contribution in [2.45, 2.75) is 0 Å². The maximum atomic E-state index is 12.3. The van der Waals surface area contributed by atoms with E-state index in [0.717, 1.165) is 11.1 Å². The Morgan fingerprint density at radius 3 is 1.97 bits per heavy atom. The number of carbonyl (C=O) groups excluding carboxylic acids is 2. The van der Waals surface area contributed by atoms with Gasteiger partial charge in [0.05, 0.1) is 17.2 Å². The molecule has 3 aromatic rings. The first-order valence-electron chi connectivity index (χ1n) is 8.80. The second-order valence-corrected chi connectivity index (χ2v) is 6.09. The summed E-state index contributed by atoms with van der Waals surface area (Å²) < 4.78 is 10.7. The quantitative estimate of drug-likeness (QED) is 0.339. The molecule has 0 heterocycles. The number of nitriles is 1. The number of esters is 1. The van der Waals surface area contributed by atoms with E-state index in [-0.39, 0.29) is 12.4 Å². The molecule has 0 saturated heterocycles. The largest absolute Gasteiger partial charge is 0.485 e. The molecule has 0 fully saturated rings. The molecule has 3 rings (SSSR count). The van der Waals surface area contributed by atoms with Gasteiger partial charge in [-0.25, -0.2) is 4.79 Å². The van der Waals surface area contributed by atoms with Gasteiger partial charge >= 0.3 is 5.97 Å². The van der Waals surface area contributed by atoms with Crippen molar-refractivity contribution >= 4 is 11.8 Å². The molecular formula is C24H17NO4. The molecule has 0 N–H and O–H groups in total. The molecule has 0 saturated carbocycles. The van der Waals surface area contributed by atoms with Crippen LogP contribution in [0.3, 0.4) is 0 Å². The van der Waals surface area contributed by atoms with Crippen LogP contribution in [0.5, 0.6) is 11.5 Å². The number of hydrogen-bond donors (Lipinski definition) is 0. The number of carbonyl (C=O) groups is 2. The Morgan fingerprint density at radius 2 is 1.41 bits per heavy atom. The number of benzene rings is 3. The molecule has 5 nitrogen and oxygen atoms in total. The van der Waals surface area contributed by atoms with Gasteiger partial charge in [0.2, 0.25) is 0 Å². The zero-order valence-corrected chi connectivity index (χ0v) is 15.5. The minimum atomic E-state index is -0.475. The van der Waals surface area contributed by atoms with Gasteiger partial charge in [-0.05, 0) is 65.7 Å². The monoisotopic (exact) mass is 383 g/mol. The smallest absolute Gasteiger partial charge is 0.343 e. The highest BCUT2D eigenvalue weighted by molar-refractivity contribution is 5.91. The van der Waals surface area contributed by atoms with Gasteiger partial charge in [0.15, 0.2) is 12.4 Å². The summed E-state index contributed by atoms with van der Waals surface area (Å²) in [6.07, 6.45) is 1.22. The van der Waals surface area contributed by atoms with Crippen LogP contribution in [0.25, 0.3) is 11.1 Å². The third-order valence-electron chi connectivity index (χ3n) is 4.11. The van der Waals surface area contributed by atoms with E-state index in [2.05, 4.69) is 6.58 Å². The minimum absolute atomic E-state index is 0.0428. The molecule has 5 heteroatoms. The Morgan fingerprint density at radius 1 is 0.862 bits per heavy atom. The van der Waals surface area contributed by atoms with Gasteiger partial charge in [-0.3, -0.25) is 4.79 Å². The van der Waals surface area contributed by atoms with Crippen LogP contribution >= 0.6 is 0 Å². The molecule has 0 bridgehead atoms. The number of nitrogens with zero attached hydrogens (tertiary/aromatic N) is 1. The summed E-state index contributed by atoms with van der Waals surface area (Å²) in [4.78, 5) is 23.5. The van der Waals surface area contributed by atoms with Crippen molar-refractivity contribution in [3.05, 3.63) is 96.6 Å². The van der Waals surface area contributed by atoms with Crippen molar-refractivity contribution < 1.29 is 19.1 Å². The predicted molar refractivity (Wildman–Crippen MR) is 109 cm³/mol. The fourth-order valence-corrected chi connectivity index (χ4v) is 2.52. The molecular weight excluding hydrogens is 366 g/mol. The zero-order valence-electron chi connectivity index (χ0n) is 15.5. The fraction of sp³-hybridized carbons (Fsp3) is 0.0417. The Hall–Kier alpha value is -4.17. The van der Waals surface area contributed by atoms with Gasteiger partial charge in [0.25, 0.3) is 0 Å². The molecule has 0 aliphatic rings. The molecule has 0 unspecified atom stereocenters. The highest BCUT2D eigenvalue weighted by atomic mass is 16.5.